The maximum atomic E-state index is 6.25. The van der Waals surface area contributed by atoms with Gasteiger partial charge in [-0.1, -0.05) is 47.8 Å². The highest BCUT2D eigenvalue weighted by Crippen LogP contribution is 2.27. The lowest BCUT2D eigenvalue weighted by Gasteiger charge is -2.18. The molecule has 108 valence electrons. The second kappa shape index (κ2) is 7.67. The first-order valence-corrected chi connectivity index (χ1v) is 8.45. The topological polar surface area (TPSA) is 12.0 Å². The molecule has 0 aliphatic carbocycles. The lowest BCUT2D eigenvalue weighted by Crippen LogP contribution is -2.33. The number of rotatable bonds is 6. The molecule has 1 unspecified atom stereocenters. The van der Waals surface area contributed by atoms with Crippen LogP contribution in [0, 0.1) is 0 Å². The third kappa shape index (κ3) is 4.37. The molecular weight excluding hydrogens is 333 g/mol. The SMILES string of the molecule is CCNC(Cc1ccc(Cl)s1)Cc1c(Cl)cccc1Cl. The first-order valence-electron chi connectivity index (χ1n) is 6.50. The van der Waals surface area contributed by atoms with Crippen LogP contribution < -0.4 is 5.32 Å². The smallest absolute Gasteiger partial charge is 0.0931 e. The van der Waals surface area contributed by atoms with Gasteiger partial charge in [-0.3, -0.25) is 0 Å². The van der Waals surface area contributed by atoms with E-state index in [1.165, 1.54) is 4.88 Å². The summed E-state index contributed by atoms with van der Waals surface area (Å²) < 4.78 is 0.825. The second-order valence-electron chi connectivity index (χ2n) is 4.57. The van der Waals surface area contributed by atoms with Crippen LogP contribution in [0.1, 0.15) is 17.4 Å². The molecule has 2 aromatic rings. The number of thiophene rings is 1. The standard InChI is InChI=1S/C15H16Cl3NS/c1-2-19-10(8-11-6-7-15(18)20-11)9-12-13(16)4-3-5-14(12)17/h3-7,10,19H,2,8-9H2,1H3. The minimum absolute atomic E-state index is 0.298. The lowest BCUT2D eigenvalue weighted by atomic mass is 10.0. The van der Waals surface area contributed by atoms with Crippen molar-refractivity contribution in [2.45, 2.75) is 25.8 Å². The Morgan fingerprint density at radius 3 is 2.30 bits per heavy atom. The first-order chi connectivity index (χ1) is 9.60. The molecule has 20 heavy (non-hydrogen) atoms. The van der Waals surface area contributed by atoms with E-state index in [4.69, 9.17) is 34.8 Å². The predicted molar refractivity (Wildman–Crippen MR) is 90.7 cm³/mol. The summed E-state index contributed by atoms with van der Waals surface area (Å²) in [7, 11) is 0. The molecule has 0 amide bonds. The van der Waals surface area contributed by atoms with Crippen molar-refractivity contribution in [3.8, 4) is 0 Å². The number of likely N-dealkylation sites (N-methyl/N-ethyl adjacent to an activating group) is 1. The summed E-state index contributed by atoms with van der Waals surface area (Å²) in [4.78, 5) is 1.27. The van der Waals surface area contributed by atoms with Gasteiger partial charge in [0.1, 0.15) is 0 Å². The van der Waals surface area contributed by atoms with E-state index >= 15 is 0 Å². The van der Waals surface area contributed by atoms with Gasteiger partial charge < -0.3 is 5.32 Å². The molecule has 1 N–H and O–H groups in total. The maximum Gasteiger partial charge on any atom is 0.0931 e. The minimum atomic E-state index is 0.298. The normalized spacial score (nSPS) is 12.6. The Labute approximate surface area is 138 Å². The van der Waals surface area contributed by atoms with Gasteiger partial charge in [-0.25, -0.2) is 0 Å². The van der Waals surface area contributed by atoms with Crippen LogP contribution in [0.25, 0.3) is 0 Å². The van der Waals surface area contributed by atoms with Gasteiger partial charge in [-0.15, -0.1) is 11.3 Å². The van der Waals surface area contributed by atoms with Gasteiger partial charge in [0.2, 0.25) is 0 Å². The van der Waals surface area contributed by atoms with Crippen molar-refractivity contribution in [3.05, 3.63) is 55.2 Å². The Kier molecular flexibility index (Phi) is 6.19. The van der Waals surface area contributed by atoms with Crippen LogP contribution in [-0.2, 0) is 12.8 Å². The van der Waals surface area contributed by atoms with Gasteiger partial charge in [0.15, 0.2) is 0 Å². The minimum Gasteiger partial charge on any atom is -0.314 e. The molecular formula is C15H16Cl3NS. The van der Waals surface area contributed by atoms with Gasteiger partial charge in [-0.2, -0.15) is 0 Å². The van der Waals surface area contributed by atoms with Gasteiger partial charge in [0, 0.05) is 21.0 Å². The van der Waals surface area contributed by atoms with Crippen LogP contribution in [0.15, 0.2) is 30.3 Å². The van der Waals surface area contributed by atoms with E-state index in [0.29, 0.717) is 6.04 Å². The van der Waals surface area contributed by atoms with E-state index in [0.717, 1.165) is 39.3 Å². The highest BCUT2D eigenvalue weighted by atomic mass is 35.5. The van der Waals surface area contributed by atoms with Crippen LogP contribution in [-0.4, -0.2) is 12.6 Å². The molecule has 0 bridgehead atoms. The molecule has 0 spiro atoms. The average molecular weight is 349 g/mol. The van der Waals surface area contributed by atoms with Crippen LogP contribution in [0.4, 0.5) is 0 Å². The summed E-state index contributed by atoms with van der Waals surface area (Å²) in [5.74, 6) is 0. The fraction of sp³-hybridized carbons (Fsp3) is 0.333. The molecule has 0 saturated carbocycles. The van der Waals surface area contributed by atoms with E-state index in [1.807, 2.05) is 24.3 Å². The van der Waals surface area contributed by atoms with E-state index in [9.17, 15) is 0 Å². The third-order valence-corrected chi connectivity index (χ3v) is 5.04. The number of hydrogen-bond donors (Lipinski definition) is 1. The summed E-state index contributed by atoms with van der Waals surface area (Å²) in [5, 5.41) is 4.94. The number of nitrogens with one attached hydrogen (secondary N) is 1. The molecule has 0 fully saturated rings. The van der Waals surface area contributed by atoms with Crippen molar-refractivity contribution in [1.29, 1.82) is 0 Å². The number of hydrogen-bond acceptors (Lipinski definition) is 2. The van der Waals surface area contributed by atoms with Gasteiger partial charge in [0.25, 0.3) is 0 Å². The van der Waals surface area contributed by atoms with Gasteiger partial charge in [0.05, 0.1) is 4.34 Å². The number of halogens is 3. The zero-order valence-corrected chi connectivity index (χ0v) is 14.2. The maximum absolute atomic E-state index is 6.25. The van der Waals surface area contributed by atoms with E-state index in [2.05, 4.69) is 18.3 Å². The Hall–Kier alpha value is -0.250. The van der Waals surface area contributed by atoms with E-state index < -0.39 is 0 Å². The van der Waals surface area contributed by atoms with Crippen molar-refractivity contribution in [2.75, 3.05) is 6.54 Å². The summed E-state index contributed by atoms with van der Waals surface area (Å²) >= 11 is 20.1. The summed E-state index contributed by atoms with van der Waals surface area (Å²) in [6, 6.07) is 9.95. The quantitative estimate of drug-likeness (QED) is 0.729. The Balaban J connectivity index is 2.13. The molecule has 1 atom stereocenters. The average Bonchev–Trinajstić information content (AvgIpc) is 2.80. The molecule has 0 saturated heterocycles. The van der Waals surface area contributed by atoms with Gasteiger partial charge >= 0.3 is 0 Å². The fourth-order valence-corrected chi connectivity index (χ4v) is 3.90. The Bertz CT molecular complexity index is 548. The Morgan fingerprint density at radius 2 is 1.75 bits per heavy atom. The summed E-state index contributed by atoms with van der Waals surface area (Å²) in [5.41, 5.74) is 1.00. The second-order valence-corrected chi connectivity index (χ2v) is 7.18. The van der Waals surface area contributed by atoms with Crippen molar-refractivity contribution < 1.29 is 0 Å². The zero-order valence-electron chi connectivity index (χ0n) is 11.1. The van der Waals surface area contributed by atoms with E-state index in [1.54, 1.807) is 11.3 Å². The van der Waals surface area contributed by atoms with Crippen LogP contribution >= 0.6 is 46.1 Å². The van der Waals surface area contributed by atoms with Crippen molar-refractivity contribution in [3.63, 3.8) is 0 Å². The molecule has 0 aliphatic rings. The lowest BCUT2D eigenvalue weighted by molar-refractivity contribution is 0.524. The third-order valence-electron chi connectivity index (χ3n) is 3.08. The van der Waals surface area contributed by atoms with Crippen LogP contribution in [0.5, 0.6) is 0 Å². The largest absolute Gasteiger partial charge is 0.314 e. The van der Waals surface area contributed by atoms with Crippen molar-refractivity contribution in [2.24, 2.45) is 0 Å². The Morgan fingerprint density at radius 1 is 1.05 bits per heavy atom. The number of benzene rings is 1. The molecule has 1 aromatic heterocycles. The molecule has 0 radical (unpaired) electrons. The molecule has 0 aliphatic heterocycles. The van der Waals surface area contributed by atoms with Crippen molar-refractivity contribution >= 4 is 46.1 Å². The fourth-order valence-electron chi connectivity index (χ4n) is 2.18. The molecule has 5 heteroatoms. The van der Waals surface area contributed by atoms with E-state index in [-0.39, 0.29) is 0 Å². The molecule has 2 rings (SSSR count). The highest BCUT2D eigenvalue weighted by molar-refractivity contribution is 7.16. The summed E-state index contributed by atoms with van der Waals surface area (Å²) in [6.07, 6.45) is 1.73. The molecule has 1 aromatic carbocycles. The molecule has 1 nitrogen and oxygen atoms in total. The summed E-state index contributed by atoms with van der Waals surface area (Å²) in [6.45, 7) is 3.01. The predicted octanol–water partition coefficient (Wildman–Crippen LogP) is 5.47. The van der Waals surface area contributed by atoms with Gasteiger partial charge in [-0.05, 0) is 49.2 Å². The van der Waals surface area contributed by atoms with Crippen LogP contribution in [0.3, 0.4) is 0 Å². The monoisotopic (exact) mass is 347 g/mol. The van der Waals surface area contributed by atoms with Crippen molar-refractivity contribution in [1.82, 2.24) is 5.32 Å². The molecule has 1 heterocycles. The van der Waals surface area contributed by atoms with Crippen LogP contribution in [0.2, 0.25) is 14.4 Å². The zero-order chi connectivity index (χ0) is 14.5. The highest BCUT2D eigenvalue weighted by Gasteiger charge is 2.15. The first kappa shape index (κ1) is 16.1.